The zero-order valence-electron chi connectivity index (χ0n) is 20.6. The molecule has 1 unspecified atom stereocenters. The molecule has 32 heavy (non-hydrogen) atoms. The maximum Gasteiger partial charge on any atom is 0.222 e. The van der Waals surface area contributed by atoms with E-state index >= 15 is 0 Å². The van der Waals surface area contributed by atoms with Gasteiger partial charge in [0, 0.05) is 25.4 Å². The number of allylic oxidation sites excluding steroid dienone is 2. The highest BCUT2D eigenvalue weighted by atomic mass is 16.3. The topological polar surface area (TPSA) is 60.8 Å². The number of unbranched alkanes of at least 4 members (excludes halogenated alkanes) is 2. The molecule has 1 saturated heterocycles. The van der Waals surface area contributed by atoms with Gasteiger partial charge in [0.05, 0.1) is 12.2 Å². The summed E-state index contributed by atoms with van der Waals surface area (Å²) in [5, 5.41) is 21.0. The molecular formula is C28H47NO3. The molecule has 0 bridgehead atoms. The van der Waals surface area contributed by atoms with Crippen LogP contribution in [0.5, 0.6) is 0 Å². The zero-order valence-corrected chi connectivity index (χ0v) is 20.6. The summed E-state index contributed by atoms with van der Waals surface area (Å²) >= 11 is 0. The molecule has 1 saturated carbocycles. The molecule has 182 valence electrons. The molecule has 2 aliphatic carbocycles. The van der Waals surface area contributed by atoms with Crippen molar-refractivity contribution >= 4 is 5.91 Å². The fourth-order valence-corrected chi connectivity index (χ4v) is 6.14. The third kappa shape index (κ3) is 7.45. The van der Waals surface area contributed by atoms with Gasteiger partial charge in [-0.2, -0.15) is 0 Å². The van der Waals surface area contributed by atoms with Gasteiger partial charge in [-0.1, -0.05) is 56.9 Å². The first-order chi connectivity index (χ1) is 15.5. The van der Waals surface area contributed by atoms with E-state index in [1.807, 2.05) is 6.08 Å². The number of aliphatic hydroxyl groups is 2. The van der Waals surface area contributed by atoms with E-state index in [2.05, 4.69) is 30.9 Å². The molecule has 0 aromatic heterocycles. The van der Waals surface area contributed by atoms with E-state index in [9.17, 15) is 15.0 Å². The Kier molecular flexibility index (Phi) is 10.3. The Bertz CT molecular complexity index is 637. The second kappa shape index (κ2) is 12.9. The lowest BCUT2D eigenvalue weighted by molar-refractivity contribution is -0.132. The lowest BCUT2D eigenvalue weighted by Gasteiger charge is -2.26. The quantitative estimate of drug-likeness (QED) is 0.302. The van der Waals surface area contributed by atoms with Crippen molar-refractivity contribution in [2.75, 3.05) is 13.1 Å². The molecule has 1 amide bonds. The highest BCUT2D eigenvalue weighted by molar-refractivity contribution is 5.76. The maximum atomic E-state index is 12.3. The number of amides is 1. The van der Waals surface area contributed by atoms with Crippen molar-refractivity contribution in [3.05, 3.63) is 23.8 Å². The first-order valence-electron chi connectivity index (χ1n) is 13.5. The highest BCUT2D eigenvalue weighted by Crippen LogP contribution is 2.48. The van der Waals surface area contributed by atoms with Crippen molar-refractivity contribution in [2.45, 2.75) is 110 Å². The van der Waals surface area contributed by atoms with E-state index in [0.717, 1.165) is 64.5 Å². The monoisotopic (exact) mass is 445 g/mol. The minimum atomic E-state index is -0.403. The Morgan fingerprint density at radius 3 is 2.75 bits per heavy atom. The van der Waals surface area contributed by atoms with Crippen LogP contribution in [0.15, 0.2) is 23.8 Å². The van der Waals surface area contributed by atoms with Crippen LogP contribution >= 0.6 is 0 Å². The summed E-state index contributed by atoms with van der Waals surface area (Å²) in [6.45, 7) is 6.34. The van der Waals surface area contributed by atoms with Gasteiger partial charge in [-0.25, -0.2) is 0 Å². The van der Waals surface area contributed by atoms with Crippen molar-refractivity contribution in [3.8, 4) is 0 Å². The predicted molar refractivity (Wildman–Crippen MR) is 131 cm³/mol. The summed E-state index contributed by atoms with van der Waals surface area (Å²) in [5.41, 5.74) is 1.52. The van der Waals surface area contributed by atoms with Gasteiger partial charge in [0.15, 0.2) is 0 Å². The van der Waals surface area contributed by atoms with E-state index in [1.165, 1.54) is 31.3 Å². The fourth-order valence-electron chi connectivity index (χ4n) is 6.14. The molecule has 0 radical (unpaired) electrons. The van der Waals surface area contributed by atoms with Crippen LogP contribution in [-0.4, -0.2) is 46.3 Å². The summed E-state index contributed by atoms with van der Waals surface area (Å²) in [6.07, 6.45) is 19.6. The van der Waals surface area contributed by atoms with Gasteiger partial charge in [-0.05, 0) is 75.5 Å². The van der Waals surface area contributed by atoms with Crippen LogP contribution in [0.1, 0.15) is 97.3 Å². The molecule has 4 nitrogen and oxygen atoms in total. The smallest absolute Gasteiger partial charge is 0.222 e. The van der Waals surface area contributed by atoms with Gasteiger partial charge >= 0.3 is 0 Å². The van der Waals surface area contributed by atoms with Crippen molar-refractivity contribution < 1.29 is 15.0 Å². The maximum absolute atomic E-state index is 12.3. The molecule has 1 aliphatic heterocycles. The third-order valence-corrected chi connectivity index (χ3v) is 8.05. The molecule has 2 fully saturated rings. The lowest BCUT2D eigenvalue weighted by atomic mass is 9.88. The Morgan fingerprint density at radius 1 is 1.22 bits per heavy atom. The van der Waals surface area contributed by atoms with Crippen LogP contribution in [0, 0.1) is 23.7 Å². The number of likely N-dealkylation sites (tertiary alicyclic amines) is 1. The fraction of sp³-hybridized carbons (Fsp3) is 0.821. The Hall–Kier alpha value is -1.13. The number of hydrogen-bond acceptors (Lipinski definition) is 3. The number of carbonyl (C=O) groups excluding carboxylic acids is 1. The number of rotatable bonds is 12. The first-order valence-corrected chi connectivity index (χ1v) is 13.5. The molecule has 1 heterocycles. The predicted octanol–water partition coefficient (Wildman–Crippen LogP) is 5.64. The number of fused-ring (bicyclic) bond motifs is 1. The number of hydrogen-bond donors (Lipinski definition) is 2. The summed E-state index contributed by atoms with van der Waals surface area (Å²) in [7, 11) is 0. The molecule has 3 aliphatic rings. The first kappa shape index (κ1) is 25.5. The average molecular weight is 446 g/mol. The Balaban J connectivity index is 1.38. The van der Waals surface area contributed by atoms with Crippen molar-refractivity contribution in [1.82, 2.24) is 4.90 Å². The SMILES string of the molecule is CCCC[C@H](C)C[C@H](O)C=C[C@H]1[C@H](O)CC2C=C(CCCCC(=O)N3CCCCC3)C[C@@H]21. The summed E-state index contributed by atoms with van der Waals surface area (Å²) in [5.74, 6) is 2.01. The lowest BCUT2D eigenvalue weighted by Crippen LogP contribution is -2.35. The van der Waals surface area contributed by atoms with Crippen molar-refractivity contribution in [3.63, 3.8) is 0 Å². The van der Waals surface area contributed by atoms with E-state index < -0.39 is 6.10 Å². The summed E-state index contributed by atoms with van der Waals surface area (Å²) in [6, 6.07) is 0. The molecule has 0 aromatic carbocycles. The van der Waals surface area contributed by atoms with Crippen molar-refractivity contribution in [2.24, 2.45) is 23.7 Å². The molecule has 6 atom stereocenters. The molecule has 3 rings (SSSR count). The van der Waals surface area contributed by atoms with Crippen LogP contribution in [0.4, 0.5) is 0 Å². The van der Waals surface area contributed by atoms with Gasteiger partial charge in [0.2, 0.25) is 5.91 Å². The van der Waals surface area contributed by atoms with Crippen LogP contribution in [0.2, 0.25) is 0 Å². The molecule has 0 spiro atoms. The number of nitrogens with zero attached hydrogens (tertiary/aromatic N) is 1. The van der Waals surface area contributed by atoms with E-state index in [4.69, 9.17) is 0 Å². The largest absolute Gasteiger partial charge is 0.392 e. The second-order valence-corrected chi connectivity index (χ2v) is 10.8. The van der Waals surface area contributed by atoms with Gasteiger partial charge < -0.3 is 15.1 Å². The molecule has 2 N–H and O–H groups in total. The molecular weight excluding hydrogens is 398 g/mol. The van der Waals surface area contributed by atoms with Crippen LogP contribution in [-0.2, 0) is 4.79 Å². The molecule has 4 heteroatoms. The van der Waals surface area contributed by atoms with Gasteiger partial charge in [0.25, 0.3) is 0 Å². The Morgan fingerprint density at radius 2 is 2.00 bits per heavy atom. The van der Waals surface area contributed by atoms with Crippen LogP contribution in [0.3, 0.4) is 0 Å². The average Bonchev–Trinajstić information content (AvgIpc) is 3.30. The normalized spacial score (nSPS) is 29.9. The summed E-state index contributed by atoms with van der Waals surface area (Å²) in [4.78, 5) is 14.4. The van der Waals surface area contributed by atoms with Gasteiger partial charge in [0.1, 0.15) is 0 Å². The van der Waals surface area contributed by atoms with E-state index in [1.54, 1.807) is 0 Å². The Labute approximate surface area is 196 Å². The minimum absolute atomic E-state index is 0.162. The third-order valence-electron chi connectivity index (χ3n) is 8.05. The standard InChI is InChI=1S/C28H47NO3/c1-3-4-10-21(2)17-24(30)13-14-25-26-19-22(18-23(26)20-27(25)31)11-6-7-12-28(32)29-15-8-5-9-16-29/h13-14,18,21,23-27,30-31H,3-12,15-17,19-20H2,1-2H3/t21-,23?,24+,25+,26-,27+/m0/s1. The van der Waals surface area contributed by atoms with Crippen LogP contribution in [0.25, 0.3) is 0 Å². The van der Waals surface area contributed by atoms with E-state index in [0.29, 0.717) is 30.1 Å². The second-order valence-electron chi connectivity index (χ2n) is 10.8. The van der Waals surface area contributed by atoms with Crippen molar-refractivity contribution in [1.29, 1.82) is 0 Å². The zero-order chi connectivity index (χ0) is 22.9. The minimum Gasteiger partial charge on any atom is -0.392 e. The van der Waals surface area contributed by atoms with Crippen LogP contribution < -0.4 is 0 Å². The highest BCUT2D eigenvalue weighted by Gasteiger charge is 2.43. The molecule has 0 aromatic rings. The summed E-state index contributed by atoms with van der Waals surface area (Å²) < 4.78 is 0. The van der Waals surface area contributed by atoms with Gasteiger partial charge in [-0.3, -0.25) is 4.79 Å². The number of aliphatic hydroxyl groups excluding tert-OH is 2. The number of piperidine rings is 1. The van der Waals surface area contributed by atoms with E-state index in [-0.39, 0.29) is 12.0 Å². The number of carbonyl (C=O) groups is 1. The van der Waals surface area contributed by atoms with Gasteiger partial charge in [-0.15, -0.1) is 0 Å².